The van der Waals surface area contributed by atoms with Crippen LogP contribution in [0.1, 0.15) is 20.8 Å². The van der Waals surface area contributed by atoms with E-state index in [4.69, 9.17) is 0 Å². The van der Waals surface area contributed by atoms with Gasteiger partial charge in [0.1, 0.15) is 0 Å². The van der Waals surface area contributed by atoms with Crippen molar-refractivity contribution >= 4 is 23.6 Å². The third-order valence-electron chi connectivity index (χ3n) is 0.967. The number of carboxylic acids is 1. The second kappa shape index (κ2) is 8.12. The van der Waals surface area contributed by atoms with E-state index in [1.807, 2.05) is 20.8 Å². The molecule has 6 heteroatoms. The molecule has 0 aliphatic rings. The molecule has 0 radical (unpaired) electrons. The second-order valence-corrected chi connectivity index (χ2v) is 4.65. The fourth-order valence-corrected chi connectivity index (χ4v) is 1.21. The number of nitrogens with one attached hydrogen (secondary N) is 1. The maximum absolute atomic E-state index is 11.1. The molecule has 0 bridgehead atoms. The molecule has 0 atom stereocenters. The number of thioether (sulfide) groups is 1. The molecule has 0 rings (SSSR count). The summed E-state index contributed by atoms with van der Waals surface area (Å²) < 4.78 is 0. The predicted octanol–water partition coefficient (Wildman–Crippen LogP) is -3.61. The van der Waals surface area contributed by atoms with E-state index in [0.29, 0.717) is 0 Å². The molecule has 0 saturated carbocycles. The van der Waals surface area contributed by atoms with Gasteiger partial charge >= 0.3 is 51.4 Å². The van der Waals surface area contributed by atoms with Crippen LogP contribution in [0.5, 0.6) is 0 Å². The molecule has 0 fully saturated rings. The molecule has 0 aromatic rings. The molecule has 0 unspecified atom stereocenters. The van der Waals surface area contributed by atoms with Crippen molar-refractivity contribution in [2.45, 2.75) is 26.3 Å². The van der Waals surface area contributed by atoms with Gasteiger partial charge in [0.15, 0.2) is 0 Å². The minimum atomic E-state index is -1.14. The normalized spacial score (nSPS) is 10.2. The Morgan fingerprint density at radius 1 is 1.29 bits per heavy atom. The smallest absolute Gasteiger partial charge is 0.549 e. The van der Waals surface area contributed by atoms with Crippen LogP contribution in [0, 0.1) is 0 Å². The van der Waals surface area contributed by atoms with Crippen LogP contribution in [0.15, 0.2) is 0 Å². The van der Waals surface area contributed by atoms with Gasteiger partial charge in [-0.15, -0.1) is 11.8 Å². The van der Waals surface area contributed by atoms with Crippen LogP contribution >= 0.6 is 11.8 Å². The van der Waals surface area contributed by atoms with Gasteiger partial charge in [-0.25, -0.2) is 0 Å². The molecule has 1 amide bonds. The molecule has 1 N–H and O–H groups in total. The number of rotatable bonds is 4. The summed E-state index contributed by atoms with van der Waals surface area (Å²) in [4.78, 5) is 21.1. The molecule has 0 spiro atoms. The molecule has 0 heterocycles. The Labute approximate surface area is 131 Å². The minimum Gasteiger partial charge on any atom is -0.549 e. The van der Waals surface area contributed by atoms with Crippen LogP contribution in [-0.4, -0.2) is 28.9 Å². The first-order chi connectivity index (χ1) is 5.81. The molecular formula is C8H14KNO3S. The fraction of sp³-hybridized carbons (Fsp3) is 0.750. The van der Waals surface area contributed by atoms with Gasteiger partial charge in [0.25, 0.3) is 0 Å². The van der Waals surface area contributed by atoms with E-state index in [1.165, 1.54) is 0 Å². The van der Waals surface area contributed by atoms with Crippen LogP contribution in [0.25, 0.3) is 0 Å². The van der Waals surface area contributed by atoms with Crippen molar-refractivity contribution in [3.8, 4) is 0 Å². The summed E-state index contributed by atoms with van der Waals surface area (Å²) in [6, 6.07) is 0. The summed E-state index contributed by atoms with van der Waals surface area (Å²) >= 11 is 1.04. The van der Waals surface area contributed by atoms with Gasteiger partial charge in [0.05, 0.1) is 11.7 Å². The van der Waals surface area contributed by atoms with E-state index >= 15 is 0 Å². The Bertz CT molecular complexity index is 203. The van der Waals surface area contributed by atoms with Crippen LogP contribution in [0.2, 0.25) is 0 Å². The van der Waals surface area contributed by atoms with Crippen molar-refractivity contribution < 1.29 is 66.1 Å². The molecule has 0 aliphatic heterocycles. The van der Waals surface area contributed by atoms with Crippen molar-refractivity contribution in [2.24, 2.45) is 0 Å². The van der Waals surface area contributed by atoms with E-state index < -0.39 is 5.97 Å². The van der Waals surface area contributed by atoms with E-state index in [0.717, 1.165) is 11.8 Å². The summed E-state index contributed by atoms with van der Waals surface area (Å²) in [5, 5.41) is 12.7. The molecule has 0 aromatic carbocycles. The summed E-state index contributed by atoms with van der Waals surface area (Å²) in [6.45, 7) is 5.61. The van der Waals surface area contributed by atoms with Gasteiger partial charge < -0.3 is 15.2 Å². The number of amides is 1. The van der Waals surface area contributed by atoms with Gasteiger partial charge in [-0.3, -0.25) is 4.79 Å². The Balaban J connectivity index is 0. The van der Waals surface area contributed by atoms with Crippen molar-refractivity contribution in [1.82, 2.24) is 5.32 Å². The summed E-state index contributed by atoms with van der Waals surface area (Å²) in [6.07, 6.45) is 0. The Hall–Kier alpha value is 0.926. The number of hydrogen-bond acceptors (Lipinski definition) is 4. The number of carbonyl (C=O) groups excluding carboxylic acids is 2. The maximum Gasteiger partial charge on any atom is 1.00 e. The first-order valence-electron chi connectivity index (χ1n) is 3.90. The predicted molar refractivity (Wildman–Crippen MR) is 50.2 cm³/mol. The average molecular weight is 243 g/mol. The Morgan fingerprint density at radius 2 is 1.79 bits per heavy atom. The maximum atomic E-state index is 11.1. The number of carboxylic acid groups (broad SMARTS) is 1. The largest absolute Gasteiger partial charge is 1.00 e. The molecule has 0 aliphatic carbocycles. The van der Waals surface area contributed by atoms with E-state index in [1.54, 1.807) is 0 Å². The first kappa shape index (κ1) is 17.3. The summed E-state index contributed by atoms with van der Waals surface area (Å²) in [5.41, 5.74) is -0.265. The Kier molecular flexibility index (Phi) is 10.1. The van der Waals surface area contributed by atoms with Crippen molar-refractivity contribution in [2.75, 3.05) is 11.5 Å². The number of aliphatic carboxylic acids is 1. The van der Waals surface area contributed by atoms with E-state index in [2.05, 4.69) is 5.32 Å². The third kappa shape index (κ3) is 12.9. The topological polar surface area (TPSA) is 69.2 Å². The minimum absolute atomic E-state index is 0. The average Bonchev–Trinajstić information content (AvgIpc) is 1.81. The molecule has 0 aromatic heterocycles. The van der Waals surface area contributed by atoms with Gasteiger partial charge in [-0.2, -0.15) is 0 Å². The second-order valence-electron chi connectivity index (χ2n) is 3.66. The van der Waals surface area contributed by atoms with Gasteiger partial charge in [-0.1, -0.05) is 0 Å². The Morgan fingerprint density at radius 3 is 2.14 bits per heavy atom. The molecule has 76 valence electrons. The van der Waals surface area contributed by atoms with Crippen molar-refractivity contribution in [1.29, 1.82) is 0 Å². The van der Waals surface area contributed by atoms with Gasteiger partial charge in [0, 0.05) is 11.3 Å². The van der Waals surface area contributed by atoms with Crippen molar-refractivity contribution in [3.63, 3.8) is 0 Å². The van der Waals surface area contributed by atoms with E-state index in [-0.39, 0.29) is 74.3 Å². The monoisotopic (exact) mass is 243 g/mol. The standard InChI is InChI=1S/C8H15NO3S.K/c1-8(2,3)9-6(10)4-13-5-7(11)12;/h4-5H2,1-3H3,(H,9,10)(H,11,12);/q;+1/p-1. The number of hydrogen-bond donors (Lipinski definition) is 1. The van der Waals surface area contributed by atoms with Crippen LogP contribution in [-0.2, 0) is 9.59 Å². The van der Waals surface area contributed by atoms with E-state index in [9.17, 15) is 14.7 Å². The first-order valence-corrected chi connectivity index (χ1v) is 5.05. The fourth-order valence-electron chi connectivity index (χ4n) is 0.681. The zero-order chi connectivity index (χ0) is 10.5. The van der Waals surface area contributed by atoms with Crippen LogP contribution in [0.3, 0.4) is 0 Å². The zero-order valence-electron chi connectivity index (χ0n) is 9.05. The molecular weight excluding hydrogens is 229 g/mol. The SMILES string of the molecule is CC(C)(C)NC(=O)CSCC(=O)[O-].[K+]. The van der Waals surface area contributed by atoms with Crippen LogP contribution in [0.4, 0.5) is 0 Å². The third-order valence-corrected chi connectivity index (χ3v) is 1.87. The molecule has 14 heavy (non-hydrogen) atoms. The summed E-state index contributed by atoms with van der Waals surface area (Å²) in [7, 11) is 0. The zero-order valence-corrected chi connectivity index (χ0v) is 13.0. The molecule has 4 nitrogen and oxygen atoms in total. The van der Waals surface area contributed by atoms with Crippen molar-refractivity contribution in [3.05, 3.63) is 0 Å². The van der Waals surface area contributed by atoms with Gasteiger partial charge in [-0.05, 0) is 20.8 Å². The van der Waals surface area contributed by atoms with Crippen LogP contribution < -0.4 is 61.8 Å². The molecule has 0 saturated heterocycles. The number of carbonyl (C=O) groups is 2. The van der Waals surface area contributed by atoms with Gasteiger partial charge in [0.2, 0.25) is 5.91 Å². The quantitative estimate of drug-likeness (QED) is 0.518. The summed E-state index contributed by atoms with van der Waals surface area (Å²) in [5.74, 6) is -1.28.